The molecule has 33 heavy (non-hydrogen) atoms. The van der Waals surface area contributed by atoms with E-state index in [1.807, 2.05) is 0 Å². The predicted octanol–water partition coefficient (Wildman–Crippen LogP) is -0.530. The topological polar surface area (TPSA) is 218 Å². The van der Waals surface area contributed by atoms with Gasteiger partial charge in [0.25, 0.3) is 0 Å². The highest BCUT2D eigenvalue weighted by atomic mass is 16.7. The summed E-state index contributed by atoms with van der Waals surface area (Å²) in [6.45, 7) is -0.738. The number of ketones is 1. The summed E-state index contributed by atoms with van der Waals surface area (Å²) < 4.78 is 10.6. The number of allylic oxidation sites excluding steroid dienone is 1. The number of ether oxygens (including phenoxy) is 2. The van der Waals surface area contributed by atoms with E-state index in [0.717, 1.165) is 24.3 Å². The van der Waals surface area contributed by atoms with Gasteiger partial charge in [-0.25, -0.2) is 0 Å². The summed E-state index contributed by atoms with van der Waals surface area (Å²) in [4.78, 5) is 12.8. The Hall–Kier alpha value is -3.55. The summed E-state index contributed by atoms with van der Waals surface area (Å²) >= 11 is 0. The zero-order valence-electron chi connectivity index (χ0n) is 16.8. The molecule has 0 spiro atoms. The van der Waals surface area contributed by atoms with E-state index in [1.54, 1.807) is 0 Å². The molecule has 0 aliphatic carbocycles. The fourth-order valence-electron chi connectivity index (χ4n) is 3.18. The molecule has 0 saturated carbocycles. The van der Waals surface area contributed by atoms with Gasteiger partial charge in [-0.05, 0) is 18.2 Å². The van der Waals surface area contributed by atoms with E-state index in [-0.39, 0.29) is 5.56 Å². The van der Waals surface area contributed by atoms with Gasteiger partial charge in [0.05, 0.1) is 6.61 Å². The summed E-state index contributed by atoms with van der Waals surface area (Å²) in [5.41, 5.74) is -0.618. The van der Waals surface area contributed by atoms with Gasteiger partial charge in [-0.2, -0.15) is 0 Å². The van der Waals surface area contributed by atoms with Crippen LogP contribution in [-0.4, -0.2) is 89.1 Å². The van der Waals surface area contributed by atoms with Crippen LogP contribution < -0.4 is 4.74 Å². The zero-order valence-corrected chi connectivity index (χ0v) is 16.8. The van der Waals surface area contributed by atoms with Crippen molar-refractivity contribution in [2.24, 2.45) is 0 Å². The minimum atomic E-state index is -1.83. The van der Waals surface area contributed by atoms with Crippen molar-refractivity contribution >= 4 is 11.5 Å². The molecular formula is C21H22O12. The average molecular weight is 466 g/mol. The number of aromatic hydroxyl groups is 4. The molecule has 0 amide bonds. The van der Waals surface area contributed by atoms with Crippen molar-refractivity contribution < 1.29 is 60.2 Å². The lowest BCUT2D eigenvalue weighted by Gasteiger charge is -2.39. The van der Waals surface area contributed by atoms with Crippen LogP contribution >= 0.6 is 0 Å². The lowest BCUT2D eigenvalue weighted by Crippen LogP contribution is -2.60. The Bertz CT molecular complexity index is 1060. The Kier molecular flexibility index (Phi) is 6.95. The standard InChI is InChI=1S/C21H22O12/c22-7-16-18(29)19(30)20(31)21(33-16)32-15-5-9(23)4-13(27)17(15)14(28)6-11(25)8-1-2-10(24)12(26)3-8/h1-6,16,18-27,29-31H,7H2/b11-6-/t16-,18-,19-,20-,21-/m1/s1. The molecule has 5 atom stereocenters. The largest absolute Gasteiger partial charge is 0.508 e. The average Bonchev–Trinajstić information content (AvgIpc) is 2.75. The maximum atomic E-state index is 12.8. The molecule has 1 aliphatic heterocycles. The maximum Gasteiger partial charge on any atom is 0.229 e. The Morgan fingerprint density at radius 2 is 1.64 bits per heavy atom. The van der Waals surface area contributed by atoms with Crippen LogP contribution in [-0.2, 0) is 4.74 Å². The fourth-order valence-corrected chi connectivity index (χ4v) is 3.18. The fraction of sp³-hybridized carbons (Fsp3) is 0.286. The number of hydrogen-bond acceptors (Lipinski definition) is 12. The molecule has 178 valence electrons. The van der Waals surface area contributed by atoms with Gasteiger partial charge < -0.3 is 55.4 Å². The highest BCUT2D eigenvalue weighted by molar-refractivity contribution is 6.11. The number of phenolic OH excluding ortho intramolecular Hbond substituents is 4. The molecule has 0 unspecified atom stereocenters. The summed E-state index contributed by atoms with van der Waals surface area (Å²) in [7, 11) is 0. The minimum absolute atomic E-state index is 0.0479. The number of carbonyl (C=O) groups is 1. The number of hydrogen-bond donors (Lipinski definition) is 9. The van der Waals surface area contributed by atoms with Crippen molar-refractivity contribution in [2.75, 3.05) is 6.61 Å². The minimum Gasteiger partial charge on any atom is -0.508 e. The number of phenols is 4. The molecular weight excluding hydrogens is 444 g/mol. The first-order valence-corrected chi connectivity index (χ1v) is 9.54. The lowest BCUT2D eigenvalue weighted by molar-refractivity contribution is -0.277. The van der Waals surface area contributed by atoms with Crippen LogP contribution in [0.3, 0.4) is 0 Å². The second kappa shape index (κ2) is 9.52. The molecule has 2 aromatic carbocycles. The summed E-state index contributed by atoms with van der Waals surface area (Å²) in [5.74, 6) is -4.51. The molecule has 2 aromatic rings. The van der Waals surface area contributed by atoms with Gasteiger partial charge in [0.2, 0.25) is 6.29 Å². The third kappa shape index (κ3) is 4.94. The summed E-state index contributed by atoms with van der Waals surface area (Å²) in [5, 5.41) is 88.4. The molecule has 12 heteroatoms. The Balaban J connectivity index is 1.95. The van der Waals surface area contributed by atoms with Gasteiger partial charge in [-0.15, -0.1) is 0 Å². The molecule has 3 rings (SSSR count). The van der Waals surface area contributed by atoms with Crippen LogP contribution in [0.15, 0.2) is 36.4 Å². The van der Waals surface area contributed by atoms with Crippen molar-refractivity contribution in [3.63, 3.8) is 0 Å². The van der Waals surface area contributed by atoms with Crippen molar-refractivity contribution in [1.29, 1.82) is 0 Å². The van der Waals surface area contributed by atoms with E-state index < -0.39 is 83.2 Å². The monoisotopic (exact) mass is 466 g/mol. The zero-order chi connectivity index (χ0) is 24.4. The van der Waals surface area contributed by atoms with Crippen molar-refractivity contribution in [3.8, 4) is 28.7 Å². The van der Waals surface area contributed by atoms with Crippen LogP contribution in [0.5, 0.6) is 28.7 Å². The molecule has 0 radical (unpaired) electrons. The quantitative estimate of drug-likeness (QED) is 0.114. The van der Waals surface area contributed by atoms with Gasteiger partial charge in [-0.1, -0.05) is 0 Å². The second-order valence-corrected chi connectivity index (χ2v) is 7.25. The first-order valence-electron chi connectivity index (χ1n) is 9.54. The third-order valence-corrected chi connectivity index (χ3v) is 4.94. The molecule has 9 N–H and O–H groups in total. The second-order valence-electron chi connectivity index (χ2n) is 7.25. The molecule has 12 nitrogen and oxygen atoms in total. The number of carbonyl (C=O) groups excluding carboxylic acids is 1. The van der Waals surface area contributed by atoms with E-state index in [2.05, 4.69) is 0 Å². The molecule has 0 aromatic heterocycles. The van der Waals surface area contributed by atoms with Crippen molar-refractivity contribution in [1.82, 2.24) is 0 Å². The summed E-state index contributed by atoms with van der Waals surface area (Å²) in [6, 6.07) is 4.97. The SMILES string of the molecule is O=C(/C=C(\O)c1ccc(O)c(O)c1)c1c(O)cc(O)cc1O[C@@H]1O[C@H](CO)[C@@H](O)[C@@H](O)[C@H]1O. The van der Waals surface area contributed by atoms with Crippen LogP contribution in [0.4, 0.5) is 0 Å². The van der Waals surface area contributed by atoms with E-state index in [4.69, 9.17) is 9.47 Å². The van der Waals surface area contributed by atoms with Crippen LogP contribution in [0.25, 0.3) is 5.76 Å². The van der Waals surface area contributed by atoms with Gasteiger partial charge in [0.15, 0.2) is 17.3 Å². The smallest absolute Gasteiger partial charge is 0.229 e. The van der Waals surface area contributed by atoms with Crippen LogP contribution in [0.1, 0.15) is 15.9 Å². The highest BCUT2D eigenvalue weighted by Gasteiger charge is 2.45. The number of aliphatic hydroxyl groups excluding tert-OH is 5. The normalized spacial score (nSPS) is 25.6. The maximum absolute atomic E-state index is 12.8. The first kappa shape index (κ1) is 24.1. The van der Waals surface area contributed by atoms with E-state index in [0.29, 0.717) is 6.08 Å². The van der Waals surface area contributed by atoms with E-state index in [1.165, 1.54) is 6.07 Å². The van der Waals surface area contributed by atoms with Crippen LogP contribution in [0, 0.1) is 0 Å². The van der Waals surface area contributed by atoms with Gasteiger partial charge >= 0.3 is 0 Å². The van der Waals surface area contributed by atoms with Crippen LogP contribution in [0.2, 0.25) is 0 Å². The molecule has 1 heterocycles. The molecule has 1 saturated heterocycles. The van der Waals surface area contributed by atoms with Crippen molar-refractivity contribution in [3.05, 3.63) is 47.5 Å². The third-order valence-electron chi connectivity index (χ3n) is 4.94. The first-order chi connectivity index (χ1) is 15.5. The number of benzene rings is 2. The van der Waals surface area contributed by atoms with E-state index in [9.17, 15) is 50.8 Å². The van der Waals surface area contributed by atoms with Gasteiger partial charge in [-0.3, -0.25) is 4.79 Å². The molecule has 0 bridgehead atoms. The highest BCUT2D eigenvalue weighted by Crippen LogP contribution is 2.36. The summed E-state index contributed by atoms with van der Waals surface area (Å²) in [6.07, 6.45) is -7.65. The predicted molar refractivity (Wildman–Crippen MR) is 109 cm³/mol. The van der Waals surface area contributed by atoms with Gasteiger partial charge in [0.1, 0.15) is 53.0 Å². The Morgan fingerprint density at radius 3 is 2.27 bits per heavy atom. The Morgan fingerprint density at radius 1 is 0.939 bits per heavy atom. The Labute approximate surface area is 186 Å². The number of rotatable bonds is 6. The van der Waals surface area contributed by atoms with E-state index >= 15 is 0 Å². The van der Waals surface area contributed by atoms with Crippen molar-refractivity contribution in [2.45, 2.75) is 30.7 Å². The molecule has 1 aliphatic rings. The van der Waals surface area contributed by atoms with Gasteiger partial charge in [0, 0.05) is 23.8 Å². The lowest BCUT2D eigenvalue weighted by atomic mass is 9.99. The number of aliphatic hydroxyl groups is 5. The molecule has 1 fully saturated rings.